The maximum Gasteiger partial charge on any atom is 0.252 e. The molecule has 0 amide bonds. The second kappa shape index (κ2) is 14.6. The minimum absolute atomic E-state index is 0.00739. The van der Waals surface area contributed by atoms with Crippen LogP contribution >= 0.6 is 11.3 Å². The molecule has 0 spiro atoms. The third-order valence-electron chi connectivity index (χ3n) is 16.9. The van der Waals surface area contributed by atoms with Crippen LogP contribution in [0.4, 0.5) is 45.5 Å². The highest BCUT2D eigenvalue weighted by atomic mass is 32.1. The molecule has 5 heteroatoms. The van der Waals surface area contributed by atoms with Crippen molar-refractivity contribution in [3.8, 4) is 0 Å². The van der Waals surface area contributed by atoms with Crippen molar-refractivity contribution in [1.29, 1.82) is 0 Å². The summed E-state index contributed by atoms with van der Waals surface area (Å²) in [5, 5.41) is 2.64. The molecule has 1 aromatic heterocycles. The molecule has 8 aromatic rings. The summed E-state index contributed by atoms with van der Waals surface area (Å²) in [6.45, 7) is 28.7. The van der Waals surface area contributed by atoms with Crippen LogP contribution in [0.5, 0.6) is 0 Å². The van der Waals surface area contributed by atoms with Gasteiger partial charge in [0.25, 0.3) is 6.71 Å². The largest absolute Gasteiger partial charge is 0.335 e. The minimum atomic E-state index is -0.0442. The fourth-order valence-electron chi connectivity index (χ4n) is 12.9. The maximum absolute atomic E-state index is 2.88. The quantitative estimate of drug-likeness (QED) is 0.163. The lowest BCUT2D eigenvalue weighted by Crippen LogP contribution is -2.64. The van der Waals surface area contributed by atoms with Gasteiger partial charge in [0.15, 0.2) is 0 Å². The zero-order chi connectivity index (χ0) is 47.4. The number of aryl methyl sites for hydroxylation is 1. The van der Waals surface area contributed by atoms with Gasteiger partial charge in [0.05, 0.1) is 15.9 Å². The molecule has 3 aliphatic heterocycles. The monoisotopic (exact) mass is 908 g/mol. The van der Waals surface area contributed by atoms with Crippen LogP contribution < -0.4 is 31.1 Å². The van der Waals surface area contributed by atoms with Crippen LogP contribution in [0.1, 0.15) is 130 Å². The van der Waals surface area contributed by atoms with E-state index in [1.54, 1.807) is 5.56 Å². The molecule has 0 bridgehead atoms. The van der Waals surface area contributed by atoms with Crippen molar-refractivity contribution in [2.24, 2.45) is 0 Å². The molecule has 12 rings (SSSR count). The van der Waals surface area contributed by atoms with E-state index in [0.717, 1.165) is 17.1 Å². The van der Waals surface area contributed by atoms with E-state index in [0.29, 0.717) is 0 Å². The fourth-order valence-corrected chi connectivity index (χ4v) is 14.1. The Balaban J connectivity index is 1.17. The van der Waals surface area contributed by atoms with Crippen LogP contribution in [0.2, 0.25) is 0 Å². The summed E-state index contributed by atoms with van der Waals surface area (Å²) in [6.07, 6.45) is 4.93. The number of hydrogen-bond donors (Lipinski definition) is 0. The average Bonchev–Trinajstić information content (AvgIpc) is 3.78. The van der Waals surface area contributed by atoms with Gasteiger partial charge in [0, 0.05) is 60.7 Å². The molecule has 1 fully saturated rings. The topological polar surface area (TPSA) is 9.72 Å². The van der Waals surface area contributed by atoms with Gasteiger partial charge in [-0.3, -0.25) is 0 Å². The molecule has 7 aromatic carbocycles. The Morgan fingerprint density at radius 3 is 1.81 bits per heavy atom. The van der Waals surface area contributed by atoms with Gasteiger partial charge in [-0.2, -0.15) is 0 Å². The zero-order valence-corrected chi connectivity index (χ0v) is 43.2. The summed E-state index contributed by atoms with van der Waals surface area (Å²) in [5.74, 6) is 0. The van der Waals surface area contributed by atoms with Crippen molar-refractivity contribution in [2.45, 2.75) is 136 Å². The van der Waals surface area contributed by atoms with Gasteiger partial charge < -0.3 is 14.7 Å². The predicted molar refractivity (Wildman–Crippen MR) is 297 cm³/mol. The van der Waals surface area contributed by atoms with Crippen LogP contribution in [0.25, 0.3) is 20.2 Å². The van der Waals surface area contributed by atoms with E-state index in [1.807, 2.05) is 11.3 Å². The van der Waals surface area contributed by atoms with Crippen LogP contribution in [-0.4, -0.2) is 12.3 Å². The maximum atomic E-state index is 2.88. The van der Waals surface area contributed by atoms with Crippen LogP contribution in [0.3, 0.4) is 0 Å². The molecule has 0 saturated heterocycles. The Labute approximate surface area is 409 Å². The van der Waals surface area contributed by atoms with Gasteiger partial charge in [0.2, 0.25) is 0 Å². The number of rotatable bonds is 4. The number of nitrogens with zero attached hydrogens (tertiary/aromatic N) is 3. The molecule has 3 nitrogen and oxygen atoms in total. The molecule has 0 N–H and O–H groups in total. The van der Waals surface area contributed by atoms with Gasteiger partial charge >= 0.3 is 0 Å². The van der Waals surface area contributed by atoms with Crippen molar-refractivity contribution in [3.63, 3.8) is 0 Å². The first-order valence-electron chi connectivity index (χ1n) is 25.3. The van der Waals surface area contributed by atoms with Gasteiger partial charge in [-0.25, -0.2) is 0 Å². The Bertz CT molecular complexity index is 3300. The molecule has 0 radical (unpaired) electrons. The highest BCUT2D eigenvalue weighted by Gasteiger charge is 2.61. The van der Waals surface area contributed by atoms with Crippen LogP contribution in [0.15, 0.2) is 133 Å². The van der Waals surface area contributed by atoms with E-state index in [-0.39, 0.29) is 33.9 Å². The molecule has 2 unspecified atom stereocenters. The summed E-state index contributed by atoms with van der Waals surface area (Å²) in [6, 6.07) is 52.4. The summed E-state index contributed by atoms with van der Waals surface area (Å²) in [5.41, 5.74) is 21.5. The summed E-state index contributed by atoms with van der Waals surface area (Å²) in [7, 11) is 0. The summed E-state index contributed by atoms with van der Waals surface area (Å²) >= 11 is 1.93. The average molecular weight is 908 g/mol. The lowest BCUT2D eigenvalue weighted by molar-refractivity contribution is 0.195. The van der Waals surface area contributed by atoms with Crippen molar-refractivity contribution in [2.75, 3.05) is 14.7 Å². The highest BCUT2D eigenvalue weighted by Crippen LogP contribution is 2.62. The molecule has 4 aliphatic rings. The highest BCUT2D eigenvalue weighted by molar-refractivity contribution is 7.26. The fraction of sp³-hybridized carbons (Fsp3) is 0.333. The number of benzene rings is 7. The first-order valence-corrected chi connectivity index (χ1v) is 26.1. The van der Waals surface area contributed by atoms with Gasteiger partial charge in [0.1, 0.15) is 0 Å². The second-order valence-corrected chi connectivity index (χ2v) is 25.3. The first-order chi connectivity index (χ1) is 32.3. The molecule has 342 valence electrons. The zero-order valence-electron chi connectivity index (χ0n) is 42.4. The normalized spacial score (nSPS) is 19.6. The Hall–Kier alpha value is -5.78. The number of anilines is 8. The van der Waals surface area contributed by atoms with Gasteiger partial charge in [-0.15, -0.1) is 11.3 Å². The van der Waals surface area contributed by atoms with Crippen molar-refractivity contribution in [1.82, 2.24) is 0 Å². The van der Waals surface area contributed by atoms with E-state index in [2.05, 4.69) is 231 Å². The van der Waals surface area contributed by atoms with Gasteiger partial charge in [-0.05, 0) is 148 Å². The van der Waals surface area contributed by atoms with Crippen LogP contribution in [-0.2, 0) is 21.7 Å². The van der Waals surface area contributed by atoms with Crippen molar-refractivity contribution < 1.29 is 0 Å². The lowest BCUT2D eigenvalue weighted by Gasteiger charge is -2.53. The number of thiophene rings is 1. The minimum Gasteiger partial charge on any atom is -0.335 e. The summed E-state index contributed by atoms with van der Waals surface area (Å²) in [4.78, 5) is 8.05. The van der Waals surface area contributed by atoms with E-state index in [9.17, 15) is 0 Å². The number of fused-ring (bicyclic) bond motifs is 10. The SMILES string of the molecule is Cc1cc2c3c(c1)N1c4c(cc(C(C)(C)C)cc4C4(C)CCCCC14C)B3c1ccc(N(c3ccc(C(C)(C)C)cc3)c3ccc(C(C)(C)C)cc3)cc1N2c1cccc2c1sc1ccccc12. The second-order valence-electron chi connectivity index (χ2n) is 24.3. The third kappa shape index (κ3) is 6.22. The van der Waals surface area contributed by atoms with Crippen molar-refractivity contribution in [3.05, 3.63) is 161 Å². The molecule has 1 aliphatic carbocycles. The molecule has 4 heterocycles. The summed E-state index contributed by atoms with van der Waals surface area (Å²) < 4.78 is 2.65. The molecule has 2 atom stereocenters. The molecule has 68 heavy (non-hydrogen) atoms. The van der Waals surface area contributed by atoms with Crippen molar-refractivity contribution >= 4 is 100 Å². The van der Waals surface area contributed by atoms with Crippen LogP contribution in [0, 0.1) is 6.92 Å². The standard InChI is InChI=1S/C63H66BN3S/c1-39-34-53-56-54(35-39)67-57-48(62(11)32-15-16-33-63(62,67)12)36-42(61(8,9)10)37-50(57)64(56)49-31-30-45(38-52(49)66(53)51-20-17-19-47-46-18-13-14-21-55(46)68-58(47)51)65(43-26-22-40(23-27-43)59(2,3)4)44-28-24-41(25-29-44)60(5,6)7/h13-14,17-31,34-38H,15-16,32-33H2,1-12H3. The van der Waals surface area contributed by atoms with E-state index in [4.69, 9.17) is 0 Å². The predicted octanol–water partition coefficient (Wildman–Crippen LogP) is 16.1. The lowest BCUT2D eigenvalue weighted by atomic mass is 9.33. The third-order valence-corrected chi connectivity index (χ3v) is 18.1. The number of hydrogen-bond acceptors (Lipinski definition) is 4. The van der Waals surface area contributed by atoms with Gasteiger partial charge in [-0.1, -0.05) is 155 Å². The molecular weight excluding hydrogens is 842 g/mol. The Kier molecular flexibility index (Phi) is 9.36. The van der Waals surface area contributed by atoms with E-state index in [1.165, 1.54) is 113 Å². The van der Waals surface area contributed by atoms with E-state index < -0.39 is 0 Å². The van der Waals surface area contributed by atoms with E-state index >= 15 is 0 Å². The smallest absolute Gasteiger partial charge is 0.252 e. The Morgan fingerprint density at radius 1 is 0.544 bits per heavy atom. The molecule has 1 saturated carbocycles. The Morgan fingerprint density at radius 2 is 1.15 bits per heavy atom. The first kappa shape index (κ1) is 43.5. The molecular formula is C63H66BN3S.